The molecule has 0 heterocycles. The third kappa shape index (κ3) is 3.50. The van der Waals surface area contributed by atoms with Gasteiger partial charge in [0.15, 0.2) is 0 Å². The topological polar surface area (TPSA) is 29.5 Å². The zero-order valence-electron chi connectivity index (χ0n) is 12.2. The molecule has 0 bridgehead atoms. The standard InChI is InChI=1S/C17H26O2/c1-3-6-14-7-5-11-17(18,12-10-14)15-8-4-9-16(13-15)19-2/h4,8-9,13-14,18H,3,5-7,10-12H2,1-2H3. The summed E-state index contributed by atoms with van der Waals surface area (Å²) in [6.45, 7) is 2.25. The lowest BCUT2D eigenvalue weighted by Crippen LogP contribution is -2.24. The quantitative estimate of drug-likeness (QED) is 0.821. The van der Waals surface area contributed by atoms with Crippen molar-refractivity contribution in [3.63, 3.8) is 0 Å². The molecule has 0 amide bonds. The lowest BCUT2D eigenvalue weighted by Gasteiger charge is -2.27. The molecule has 106 valence electrons. The first-order chi connectivity index (χ1) is 9.18. The molecule has 0 aliphatic heterocycles. The van der Waals surface area contributed by atoms with Gasteiger partial charge in [-0.2, -0.15) is 0 Å². The van der Waals surface area contributed by atoms with Gasteiger partial charge < -0.3 is 9.84 Å². The highest BCUT2D eigenvalue weighted by Gasteiger charge is 2.32. The molecule has 2 rings (SSSR count). The number of methoxy groups -OCH3 is 1. The van der Waals surface area contributed by atoms with Gasteiger partial charge in [-0.15, -0.1) is 0 Å². The molecular weight excluding hydrogens is 236 g/mol. The van der Waals surface area contributed by atoms with Crippen molar-refractivity contribution >= 4 is 0 Å². The number of hydrogen-bond acceptors (Lipinski definition) is 2. The van der Waals surface area contributed by atoms with Crippen LogP contribution in [0.25, 0.3) is 0 Å². The minimum atomic E-state index is -0.656. The molecule has 1 N–H and O–H groups in total. The predicted molar refractivity (Wildman–Crippen MR) is 78.4 cm³/mol. The average molecular weight is 262 g/mol. The molecule has 2 unspecified atom stereocenters. The Morgan fingerprint density at radius 3 is 2.89 bits per heavy atom. The molecule has 0 radical (unpaired) electrons. The van der Waals surface area contributed by atoms with Crippen molar-refractivity contribution < 1.29 is 9.84 Å². The highest BCUT2D eigenvalue weighted by Crippen LogP contribution is 2.39. The predicted octanol–water partition coefficient (Wildman–Crippen LogP) is 4.26. The van der Waals surface area contributed by atoms with E-state index in [4.69, 9.17) is 4.74 Å². The van der Waals surface area contributed by atoms with E-state index in [2.05, 4.69) is 6.92 Å². The average Bonchev–Trinajstić information content (AvgIpc) is 2.63. The van der Waals surface area contributed by atoms with Gasteiger partial charge in [0.1, 0.15) is 5.75 Å². The van der Waals surface area contributed by atoms with Gasteiger partial charge in [-0.1, -0.05) is 38.3 Å². The van der Waals surface area contributed by atoms with Crippen LogP contribution in [0.2, 0.25) is 0 Å². The van der Waals surface area contributed by atoms with Crippen LogP contribution in [0.15, 0.2) is 24.3 Å². The van der Waals surface area contributed by atoms with Crippen molar-refractivity contribution in [1.29, 1.82) is 0 Å². The Morgan fingerprint density at radius 2 is 2.16 bits per heavy atom. The number of aliphatic hydroxyl groups is 1. The second-order valence-corrected chi connectivity index (χ2v) is 5.85. The normalized spacial score (nSPS) is 27.8. The Morgan fingerprint density at radius 1 is 1.32 bits per heavy atom. The maximum atomic E-state index is 11.0. The Labute approximate surface area is 116 Å². The van der Waals surface area contributed by atoms with Crippen LogP contribution in [0, 0.1) is 5.92 Å². The molecular formula is C17H26O2. The second-order valence-electron chi connectivity index (χ2n) is 5.85. The molecule has 1 aliphatic rings. The minimum Gasteiger partial charge on any atom is -0.497 e. The van der Waals surface area contributed by atoms with Gasteiger partial charge in [0, 0.05) is 0 Å². The van der Waals surface area contributed by atoms with Crippen molar-refractivity contribution in [2.75, 3.05) is 7.11 Å². The molecule has 0 spiro atoms. The zero-order chi connectivity index (χ0) is 13.7. The van der Waals surface area contributed by atoms with Crippen LogP contribution in [-0.4, -0.2) is 12.2 Å². The first-order valence-electron chi connectivity index (χ1n) is 7.55. The summed E-state index contributed by atoms with van der Waals surface area (Å²) in [5.41, 5.74) is 0.362. The van der Waals surface area contributed by atoms with Crippen molar-refractivity contribution in [3.8, 4) is 5.75 Å². The Kier molecular flexibility index (Phi) is 4.87. The molecule has 1 aromatic carbocycles. The van der Waals surface area contributed by atoms with Crippen molar-refractivity contribution in [3.05, 3.63) is 29.8 Å². The van der Waals surface area contributed by atoms with E-state index in [1.54, 1.807) is 7.11 Å². The monoisotopic (exact) mass is 262 g/mol. The number of benzene rings is 1. The molecule has 2 nitrogen and oxygen atoms in total. The molecule has 19 heavy (non-hydrogen) atoms. The Hall–Kier alpha value is -1.02. The van der Waals surface area contributed by atoms with Crippen LogP contribution >= 0.6 is 0 Å². The summed E-state index contributed by atoms with van der Waals surface area (Å²) in [7, 11) is 1.67. The highest BCUT2D eigenvalue weighted by molar-refractivity contribution is 5.32. The summed E-state index contributed by atoms with van der Waals surface area (Å²) >= 11 is 0. The van der Waals surface area contributed by atoms with E-state index in [-0.39, 0.29) is 0 Å². The molecule has 0 aromatic heterocycles. The van der Waals surface area contributed by atoms with Crippen LogP contribution in [0.3, 0.4) is 0 Å². The van der Waals surface area contributed by atoms with E-state index in [9.17, 15) is 5.11 Å². The summed E-state index contributed by atoms with van der Waals surface area (Å²) < 4.78 is 5.27. The third-order valence-electron chi connectivity index (χ3n) is 4.47. The zero-order valence-corrected chi connectivity index (χ0v) is 12.2. The fourth-order valence-electron chi connectivity index (χ4n) is 3.29. The Bertz CT molecular complexity index is 402. The lowest BCUT2D eigenvalue weighted by atomic mass is 9.86. The van der Waals surface area contributed by atoms with Gasteiger partial charge in [-0.3, -0.25) is 0 Å². The molecule has 2 atom stereocenters. The summed E-state index contributed by atoms with van der Waals surface area (Å²) in [5.74, 6) is 1.63. The van der Waals surface area contributed by atoms with E-state index in [1.165, 1.54) is 19.3 Å². The molecule has 1 aliphatic carbocycles. The second kappa shape index (κ2) is 6.42. The van der Waals surface area contributed by atoms with E-state index >= 15 is 0 Å². The minimum absolute atomic E-state index is 0.656. The summed E-state index contributed by atoms with van der Waals surface area (Å²) in [4.78, 5) is 0. The highest BCUT2D eigenvalue weighted by atomic mass is 16.5. The molecule has 1 saturated carbocycles. The smallest absolute Gasteiger partial charge is 0.119 e. The number of ether oxygens (including phenoxy) is 1. The molecule has 2 heteroatoms. The van der Waals surface area contributed by atoms with Crippen LogP contribution in [0.4, 0.5) is 0 Å². The van der Waals surface area contributed by atoms with Gasteiger partial charge >= 0.3 is 0 Å². The van der Waals surface area contributed by atoms with Crippen molar-refractivity contribution in [1.82, 2.24) is 0 Å². The van der Waals surface area contributed by atoms with Gasteiger partial charge in [0.25, 0.3) is 0 Å². The van der Waals surface area contributed by atoms with Gasteiger partial charge in [0.05, 0.1) is 12.7 Å². The molecule has 1 aromatic rings. The number of rotatable bonds is 4. The Balaban J connectivity index is 2.12. The van der Waals surface area contributed by atoms with Crippen LogP contribution < -0.4 is 4.74 Å². The summed E-state index contributed by atoms with van der Waals surface area (Å²) in [6.07, 6.45) is 7.84. The summed E-state index contributed by atoms with van der Waals surface area (Å²) in [6, 6.07) is 7.92. The maximum Gasteiger partial charge on any atom is 0.119 e. The first kappa shape index (κ1) is 14.4. The van der Waals surface area contributed by atoms with Gasteiger partial charge in [-0.25, -0.2) is 0 Å². The van der Waals surface area contributed by atoms with E-state index < -0.39 is 5.60 Å². The van der Waals surface area contributed by atoms with Crippen LogP contribution in [0.1, 0.15) is 57.4 Å². The van der Waals surface area contributed by atoms with Crippen molar-refractivity contribution in [2.24, 2.45) is 5.92 Å². The molecule has 0 saturated heterocycles. The van der Waals surface area contributed by atoms with Crippen LogP contribution in [0.5, 0.6) is 5.75 Å². The number of hydrogen-bond donors (Lipinski definition) is 1. The van der Waals surface area contributed by atoms with Crippen LogP contribution in [-0.2, 0) is 5.60 Å². The first-order valence-corrected chi connectivity index (χ1v) is 7.55. The van der Waals surface area contributed by atoms with E-state index in [1.807, 2.05) is 24.3 Å². The fourth-order valence-corrected chi connectivity index (χ4v) is 3.29. The van der Waals surface area contributed by atoms with Gasteiger partial charge in [-0.05, 0) is 49.3 Å². The SMILES string of the molecule is CCCC1CCCC(O)(c2cccc(OC)c2)CC1. The van der Waals surface area contributed by atoms with Gasteiger partial charge in [0.2, 0.25) is 0 Å². The van der Waals surface area contributed by atoms with Crippen molar-refractivity contribution in [2.45, 2.75) is 57.5 Å². The van der Waals surface area contributed by atoms with E-state index in [0.29, 0.717) is 0 Å². The fraction of sp³-hybridized carbons (Fsp3) is 0.647. The summed E-state index contributed by atoms with van der Waals surface area (Å²) in [5, 5.41) is 11.0. The lowest BCUT2D eigenvalue weighted by molar-refractivity contribution is 0.0193. The maximum absolute atomic E-state index is 11.0. The molecule has 1 fully saturated rings. The third-order valence-corrected chi connectivity index (χ3v) is 4.47. The van der Waals surface area contributed by atoms with E-state index in [0.717, 1.165) is 42.9 Å². The largest absolute Gasteiger partial charge is 0.497 e.